The van der Waals surface area contributed by atoms with Gasteiger partial charge < -0.3 is 14.6 Å². The van der Waals surface area contributed by atoms with Crippen molar-refractivity contribution in [1.82, 2.24) is 19.2 Å². The fraction of sp³-hybridized carbons (Fsp3) is 0.765. The fourth-order valence-corrected chi connectivity index (χ4v) is 5.99. The molecule has 1 amide bonds. The molecule has 2 aliphatic carbocycles. The summed E-state index contributed by atoms with van der Waals surface area (Å²) in [5.74, 6) is -0.681. The Morgan fingerprint density at radius 1 is 1.38 bits per heavy atom. The van der Waals surface area contributed by atoms with Crippen LogP contribution in [0.3, 0.4) is 0 Å². The summed E-state index contributed by atoms with van der Waals surface area (Å²) in [6.45, 7) is 0.722. The molecule has 9 heteroatoms. The van der Waals surface area contributed by atoms with Crippen molar-refractivity contribution in [2.45, 2.75) is 42.4 Å². The molecule has 2 atom stereocenters. The van der Waals surface area contributed by atoms with Gasteiger partial charge in [0.25, 0.3) is 0 Å². The van der Waals surface area contributed by atoms with Crippen LogP contribution in [0.25, 0.3) is 0 Å². The van der Waals surface area contributed by atoms with Crippen molar-refractivity contribution < 1.29 is 17.9 Å². The molecule has 26 heavy (non-hydrogen) atoms. The average Bonchev–Trinajstić information content (AvgIpc) is 3.47. The molecule has 1 aliphatic heterocycles. The minimum absolute atomic E-state index is 0.0579. The normalized spacial score (nSPS) is 28.2. The number of amides is 1. The van der Waals surface area contributed by atoms with Crippen molar-refractivity contribution >= 4 is 15.9 Å². The lowest BCUT2D eigenvalue weighted by Crippen LogP contribution is -2.42. The van der Waals surface area contributed by atoms with Crippen LogP contribution < -0.4 is 5.32 Å². The van der Waals surface area contributed by atoms with Crippen LogP contribution in [0.1, 0.15) is 37.3 Å². The van der Waals surface area contributed by atoms with Crippen molar-refractivity contribution in [2.24, 2.45) is 13.0 Å². The van der Waals surface area contributed by atoms with Gasteiger partial charge in [0, 0.05) is 45.4 Å². The summed E-state index contributed by atoms with van der Waals surface area (Å²) in [5, 5.41) is 3.03. The first kappa shape index (κ1) is 17.9. The second-order valence-corrected chi connectivity index (χ2v) is 10.2. The van der Waals surface area contributed by atoms with E-state index in [1.165, 1.54) is 11.4 Å². The monoisotopic (exact) mass is 382 g/mol. The van der Waals surface area contributed by atoms with Crippen molar-refractivity contribution in [2.75, 3.05) is 26.8 Å². The van der Waals surface area contributed by atoms with Crippen LogP contribution in [0.4, 0.5) is 0 Å². The van der Waals surface area contributed by atoms with E-state index in [1.807, 2.05) is 17.8 Å². The SMILES string of the molecule is COCC1(S(=O)(=O)N2C[C@@H](C(=O)NC3CC3)[C@H](c3cn(C)cn3)C2)CC1. The standard InChI is InChI=1S/C17H26N4O4S/c1-20-9-15(18-11-20)13-7-21(8-14(13)16(22)19-12-3-4-12)26(23,24)17(5-6-17)10-25-2/h9,11-14H,3-8,10H2,1-2H3,(H,19,22)/t13-,14-/m1/s1. The zero-order valence-electron chi connectivity index (χ0n) is 15.2. The summed E-state index contributed by atoms with van der Waals surface area (Å²) in [4.78, 5) is 17.2. The molecule has 0 bridgehead atoms. The van der Waals surface area contributed by atoms with Crippen LogP contribution in [0.2, 0.25) is 0 Å². The molecular weight excluding hydrogens is 356 g/mol. The molecule has 3 aliphatic rings. The van der Waals surface area contributed by atoms with Crippen molar-refractivity contribution in [1.29, 1.82) is 0 Å². The third kappa shape index (κ3) is 3.05. The van der Waals surface area contributed by atoms with Gasteiger partial charge in [0.1, 0.15) is 4.75 Å². The molecule has 0 radical (unpaired) electrons. The van der Waals surface area contributed by atoms with Gasteiger partial charge in [-0.25, -0.2) is 13.4 Å². The number of hydrogen-bond acceptors (Lipinski definition) is 5. The minimum atomic E-state index is -3.51. The van der Waals surface area contributed by atoms with E-state index in [9.17, 15) is 13.2 Å². The zero-order chi connectivity index (χ0) is 18.5. The molecule has 1 aromatic heterocycles. The van der Waals surface area contributed by atoms with Crippen molar-refractivity contribution in [3.05, 3.63) is 18.2 Å². The number of nitrogens with zero attached hydrogens (tertiary/aromatic N) is 3. The van der Waals surface area contributed by atoms with E-state index in [0.29, 0.717) is 19.4 Å². The first-order valence-electron chi connectivity index (χ1n) is 9.13. The van der Waals surface area contributed by atoms with Gasteiger partial charge in [0.05, 0.1) is 24.5 Å². The lowest BCUT2D eigenvalue weighted by Gasteiger charge is -2.23. The summed E-state index contributed by atoms with van der Waals surface area (Å²) in [7, 11) is -0.107. The number of sulfonamides is 1. The average molecular weight is 382 g/mol. The van der Waals surface area contributed by atoms with E-state index in [-0.39, 0.29) is 31.0 Å². The Kier molecular flexibility index (Phi) is 4.36. The van der Waals surface area contributed by atoms with Crippen LogP contribution in [0.5, 0.6) is 0 Å². The Hall–Kier alpha value is -1.45. The summed E-state index contributed by atoms with van der Waals surface area (Å²) >= 11 is 0. The maximum absolute atomic E-state index is 13.2. The van der Waals surface area contributed by atoms with Gasteiger partial charge in [-0.05, 0) is 25.7 Å². The Morgan fingerprint density at radius 3 is 2.65 bits per heavy atom. The van der Waals surface area contributed by atoms with E-state index >= 15 is 0 Å². The second-order valence-electron chi connectivity index (χ2n) is 7.90. The summed E-state index contributed by atoms with van der Waals surface area (Å²) in [5.41, 5.74) is 0.776. The maximum atomic E-state index is 13.2. The molecule has 8 nitrogen and oxygen atoms in total. The number of imidazole rings is 1. The molecule has 2 heterocycles. The molecule has 2 saturated carbocycles. The highest BCUT2D eigenvalue weighted by Gasteiger charge is 2.59. The Balaban J connectivity index is 1.59. The van der Waals surface area contributed by atoms with Gasteiger partial charge in [-0.15, -0.1) is 0 Å². The van der Waals surface area contributed by atoms with Gasteiger partial charge in [0.15, 0.2) is 0 Å². The van der Waals surface area contributed by atoms with Crippen LogP contribution in [-0.4, -0.2) is 65.8 Å². The number of carbonyl (C=O) groups excluding carboxylic acids is 1. The number of carbonyl (C=O) groups is 1. The van der Waals surface area contributed by atoms with Crippen molar-refractivity contribution in [3.8, 4) is 0 Å². The number of rotatable bonds is 7. The Bertz CT molecular complexity index is 797. The molecule has 0 spiro atoms. The van der Waals surface area contributed by atoms with Gasteiger partial charge in [0.2, 0.25) is 15.9 Å². The van der Waals surface area contributed by atoms with Crippen molar-refractivity contribution in [3.63, 3.8) is 0 Å². The van der Waals surface area contributed by atoms with E-state index in [1.54, 1.807) is 6.33 Å². The fourth-order valence-electron chi connectivity index (χ4n) is 3.84. The van der Waals surface area contributed by atoms with E-state index in [2.05, 4.69) is 10.3 Å². The zero-order valence-corrected chi connectivity index (χ0v) is 16.0. The minimum Gasteiger partial charge on any atom is -0.383 e. The summed E-state index contributed by atoms with van der Waals surface area (Å²) < 4.78 is 34.0. The van der Waals surface area contributed by atoms with Crippen LogP contribution in [0, 0.1) is 5.92 Å². The third-order valence-electron chi connectivity index (χ3n) is 5.75. The lowest BCUT2D eigenvalue weighted by atomic mass is 9.92. The van der Waals surface area contributed by atoms with Gasteiger partial charge >= 0.3 is 0 Å². The molecule has 3 fully saturated rings. The first-order valence-corrected chi connectivity index (χ1v) is 10.6. The second kappa shape index (κ2) is 6.31. The number of ether oxygens (including phenoxy) is 1. The smallest absolute Gasteiger partial charge is 0.225 e. The number of aromatic nitrogens is 2. The number of hydrogen-bond donors (Lipinski definition) is 1. The summed E-state index contributed by atoms with van der Waals surface area (Å²) in [6, 6.07) is 0.251. The lowest BCUT2D eigenvalue weighted by molar-refractivity contribution is -0.125. The Morgan fingerprint density at radius 2 is 2.12 bits per heavy atom. The quantitative estimate of drug-likeness (QED) is 0.728. The van der Waals surface area contributed by atoms with E-state index in [0.717, 1.165) is 18.5 Å². The molecule has 4 rings (SSSR count). The topological polar surface area (TPSA) is 93.5 Å². The number of nitrogens with one attached hydrogen (secondary N) is 1. The van der Waals surface area contributed by atoms with Gasteiger partial charge in [-0.1, -0.05) is 0 Å². The van der Waals surface area contributed by atoms with E-state index in [4.69, 9.17) is 4.74 Å². The van der Waals surface area contributed by atoms with Crippen LogP contribution in [-0.2, 0) is 26.6 Å². The van der Waals surface area contributed by atoms with Gasteiger partial charge in [-0.2, -0.15) is 4.31 Å². The van der Waals surface area contributed by atoms with Crippen LogP contribution >= 0.6 is 0 Å². The highest BCUT2D eigenvalue weighted by atomic mass is 32.2. The molecule has 0 aromatic carbocycles. The largest absolute Gasteiger partial charge is 0.383 e. The first-order chi connectivity index (χ1) is 12.4. The molecule has 0 unspecified atom stereocenters. The molecule has 1 aromatic rings. The summed E-state index contributed by atoms with van der Waals surface area (Å²) in [6.07, 6.45) is 6.81. The highest BCUT2D eigenvalue weighted by Crippen LogP contribution is 2.47. The Labute approximate surface area is 154 Å². The van der Waals surface area contributed by atoms with E-state index < -0.39 is 20.7 Å². The van der Waals surface area contributed by atoms with Gasteiger partial charge in [-0.3, -0.25) is 4.79 Å². The molecule has 144 valence electrons. The number of aryl methyl sites for hydroxylation is 1. The highest BCUT2D eigenvalue weighted by molar-refractivity contribution is 7.90. The maximum Gasteiger partial charge on any atom is 0.225 e. The molecule has 1 N–H and O–H groups in total. The predicted octanol–water partition coefficient (Wildman–Crippen LogP) is 0.223. The third-order valence-corrected chi connectivity index (χ3v) is 8.35. The van der Waals surface area contributed by atoms with Crippen LogP contribution in [0.15, 0.2) is 12.5 Å². The molecule has 1 saturated heterocycles. The predicted molar refractivity (Wildman–Crippen MR) is 94.9 cm³/mol. The number of methoxy groups -OCH3 is 1. The molecular formula is C17H26N4O4S.